The summed E-state index contributed by atoms with van der Waals surface area (Å²) in [6.07, 6.45) is 0.892. The number of rotatable bonds is 7. The maximum atomic E-state index is 12.4. The van der Waals surface area contributed by atoms with Gasteiger partial charge in [-0.1, -0.05) is 30.3 Å². The van der Waals surface area contributed by atoms with E-state index in [9.17, 15) is 9.59 Å². The van der Waals surface area contributed by atoms with E-state index in [1.807, 2.05) is 30.3 Å². The molecule has 0 saturated carbocycles. The lowest BCUT2D eigenvalue weighted by Crippen LogP contribution is -2.39. The first kappa shape index (κ1) is 18.6. The topological polar surface area (TPSA) is 96.9 Å². The van der Waals surface area contributed by atoms with Crippen LogP contribution in [0.25, 0.3) is 0 Å². The Morgan fingerprint density at radius 1 is 1.04 bits per heavy atom. The fraction of sp³-hybridized carbons (Fsp3) is 0.300. The highest BCUT2D eigenvalue weighted by Crippen LogP contribution is 2.32. The van der Waals surface area contributed by atoms with Crippen molar-refractivity contribution in [3.05, 3.63) is 54.1 Å². The zero-order valence-corrected chi connectivity index (χ0v) is 14.8. The lowest BCUT2D eigenvalue weighted by atomic mass is 10.0. The highest BCUT2D eigenvalue weighted by atomic mass is 16.6. The van der Waals surface area contributed by atoms with E-state index >= 15 is 0 Å². The molecule has 3 rings (SSSR count). The molecule has 2 aromatic rings. The summed E-state index contributed by atoms with van der Waals surface area (Å²) in [7, 11) is 0. The van der Waals surface area contributed by atoms with E-state index < -0.39 is 12.0 Å². The van der Waals surface area contributed by atoms with Gasteiger partial charge in [-0.05, 0) is 30.5 Å². The number of carboxylic acids is 1. The summed E-state index contributed by atoms with van der Waals surface area (Å²) in [5.41, 5.74) is 1.61. The molecule has 7 nitrogen and oxygen atoms in total. The molecule has 1 aliphatic heterocycles. The van der Waals surface area contributed by atoms with Crippen LogP contribution in [0.4, 0.5) is 10.5 Å². The molecule has 3 N–H and O–H groups in total. The Morgan fingerprint density at radius 3 is 2.52 bits per heavy atom. The Labute approximate surface area is 157 Å². The van der Waals surface area contributed by atoms with E-state index in [0.717, 1.165) is 5.56 Å². The van der Waals surface area contributed by atoms with Crippen LogP contribution >= 0.6 is 0 Å². The number of benzene rings is 2. The van der Waals surface area contributed by atoms with Crippen LogP contribution in [-0.4, -0.2) is 36.4 Å². The number of nitrogens with one attached hydrogen (secondary N) is 2. The van der Waals surface area contributed by atoms with Gasteiger partial charge in [-0.25, -0.2) is 4.79 Å². The molecule has 1 aliphatic rings. The summed E-state index contributed by atoms with van der Waals surface area (Å²) in [6.45, 7) is 0.974. The van der Waals surface area contributed by atoms with Gasteiger partial charge in [0.25, 0.3) is 0 Å². The second-order valence-electron chi connectivity index (χ2n) is 6.28. The van der Waals surface area contributed by atoms with Crippen LogP contribution < -0.4 is 20.1 Å². The SMILES string of the molecule is O=C(O)CCC(Cc1ccccc1)NC(=O)Nc1ccc2c(c1)OCCO2. The Bertz CT molecular complexity index is 794. The van der Waals surface area contributed by atoms with Gasteiger partial charge in [-0.3, -0.25) is 4.79 Å². The highest BCUT2D eigenvalue weighted by Gasteiger charge is 2.16. The van der Waals surface area contributed by atoms with Gasteiger partial charge >= 0.3 is 12.0 Å². The number of urea groups is 1. The number of hydrogen-bond acceptors (Lipinski definition) is 4. The Morgan fingerprint density at radius 2 is 1.78 bits per heavy atom. The number of anilines is 1. The van der Waals surface area contributed by atoms with Crippen molar-refractivity contribution in [3.8, 4) is 11.5 Å². The molecule has 27 heavy (non-hydrogen) atoms. The molecule has 1 heterocycles. The molecule has 1 unspecified atom stereocenters. The Hall–Kier alpha value is -3.22. The minimum absolute atomic E-state index is 0.0121. The molecule has 2 amide bonds. The molecule has 0 aromatic heterocycles. The van der Waals surface area contributed by atoms with E-state index in [0.29, 0.717) is 43.2 Å². The van der Waals surface area contributed by atoms with E-state index in [-0.39, 0.29) is 12.5 Å². The molecule has 2 aromatic carbocycles. The van der Waals surface area contributed by atoms with Crippen molar-refractivity contribution in [1.82, 2.24) is 5.32 Å². The average Bonchev–Trinajstić information content (AvgIpc) is 2.67. The van der Waals surface area contributed by atoms with Crippen LogP contribution in [-0.2, 0) is 11.2 Å². The van der Waals surface area contributed by atoms with E-state index in [1.165, 1.54) is 0 Å². The highest BCUT2D eigenvalue weighted by molar-refractivity contribution is 5.90. The van der Waals surface area contributed by atoms with E-state index in [1.54, 1.807) is 18.2 Å². The van der Waals surface area contributed by atoms with Gasteiger partial charge < -0.3 is 25.2 Å². The van der Waals surface area contributed by atoms with Crippen LogP contribution in [0.2, 0.25) is 0 Å². The normalized spacial score (nSPS) is 13.5. The zero-order chi connectivity index (χ0) is 19.1. The van der Waals surface area contributed by atoms with Gasteiger partial charge in [0.05, 0.1) is 0 Å². The van der Waals surface area contributed by atoms with Crippen molar-refractivity contribution in [2.24, 2.45) is 0 Å². The van der Waals surface area contributed by atoms with Crippen LogP contribution in [0.3, 0.4) is 0 Å². The van der Waals surface area contributed by atoms with Gasteiger partial charge in [0.1, 0.15) is 13.2 Å². The summed E-state index contributed by atoms with van der Waals surface area (Å²) >= 11 is 0. The molecule has 0 spiro atoms. The third-order valence-electron chi connectivity index (χ3n) is 4.17. The quantitative estimate of drug-likeness (QED) is 0.696. The van der Waals surface area contributed by atoms with E-state index in [2.05, 4.69) is 10.6 Å². The summed E-state index contributed by atoms with van der Waals surface area (Å²) in [5, 5.41) is 14.6. The summed E-state index contributed by atoms with van der Waals surface area (Å²) < 4.78 is 11.0. The minimum atomic E-state index is -0.887. The van der Waals surface area contributed by atoms with Crippen molar-refractivity contribution >= 4 is 17.7 Å². The number of aliphatic carboxylic acids is 1. The number of carboxylic acid groups (broad SMARTS) is 1. The van der Waals surface area contributed by atoms with E-state index in [4.69, 9.17) is 14.6 Å². The monoisotopic (exact) mass is 370 g/mol. The lowest BCUT2D eigenvalue weighted by molar-refractivity contribution is -0.137. The molecule has 0 saturated heterocycles. The number of ether oxygens (including phenoxy) is 2. The molecule has 142 valence electrons. The average molecular weight is 370 g/mol. The third kappa shape index (κ3) is 5.64. The number of amides is 2. The lowest BCUT2D eigenvalue weighted by Gasteiger charge is -2.20. The molecule has 7 heteroatoms. The molecule has 0 aliphatic carbocycles. The zero-order valence-electron chi connectivity index (χ0n) is 14.8. The first-order valence-electron chi connectivity index (χ1n) is 8.83. The predicted octanol–water partition coefficient (Wildman–Crippen LogP) is 3.06. The first-order chi connectivity index (χ1) is 13.1. The summed E-state index contributed by atoms with van der Waals surface area (Å²) in [4.78, 5) is 23.3. The van der Waals surface area contributed by atoms with Gasteiger partial charge in [0.15, 0.2) is 11.5 Å². The Kier molecular flexibility index (Phi) is 6.14. The summed E-state index contributed by atoms with van der Waals surface area (Å²) in [5.74, 6) is 0.350. The molecule has 0 radical (unpaired) electrons. The van der Waals surface area contributed by atoms with Gasteiger partial charge in [-0.2, -0.15) is 0 Å². The van der Waals surface area contributed by atoms with Gasteiger partial charge in [0, 0.05) is 24.2 Å². The van der Waals surface area contributed by atoms with Crippen LogP contribution in [0, 0.1) is 0 Å². The summed E-state index contributed by atoms with van der Waals surface area (Å²) in [6, 6.07) is 14.2. The molecule has 0 fully saturated rings. The predicted molar refractivity (Wildman–Crippen MR) is 100 cm³/mol. The van der Waals surface area contributed by atoms with Gasteiger partial charge in [0.2, 0.25) is 0 Å². The standard InChI is InChI=1S/C20H22N2O5/c23-19(24)9-7-15(12-14-4-2-1-3-5-14)21-20(25)22-16-6-8-17-18(13-16)27-11-10-26-17/h1-6,8,13,15H,7,9-12H2,(H,23,24)(H2,21,22,25). The largest absolute Gasteiger partial charge is 0.486 e. The fourth-order valence-corrected chi connectivity index (χ4v) is 2.90. The van der Waals surface area contributed by atoms with Gasteiger partial charge in [-0.15, -0.1) is 0 Å². The number of fused-ring (bicyclic) bond motifs is 1. The number of hydrogen-bond donors (Lipinski definition) is 3. The Balaban J connectivity index is 1.61. The number of carbonyl (C=O) groups excluding carboxylic acids is 1. The van der Waals surface area contributed by atoms with Crippen molar-refractivity contribution in [3.63, 3.8) is 0 Å². The maximum Gasteiger partial charge on any atom is 0.319 e. The molecular weight excluding hydrogens is 348 g/mol. The third-order valence-corrected chi connectivity index (χ3v) is 4.17. The van der Waals surface area contributed by atoms with Crippen molar-refractivity contribution in [1.29, 1.82) is 0 Å². The second kappa shape index (κ2) is 8.93. The first-order valence-corrected chi connectivity index (χ1v) is 8.83. The molecule has 1 atom stereocenters. The van der Waals surface area contributed by atoms with Crippen LogP contribution in [0.15, 0.2) is 48.5 Å². The molecule has 0 bridgehead atoms. The maximum absolute atomic E-state index is 12.4. The van der Waals surface area contributed by atoms with Crippen LogP contribution in [0.1, 0.15) is 18.4 Å². The van der Waals surface area contributed by atoms with Crippen molar-refractivity contribution in [2.75, 3.05) is 18.5 Å². The van der Waals surface area contributed by atoms with Crippen molar-refractivity contribution in [2.45, 2.75) is 25.3 Å². The second-order valence-corrected chi connectivity index (χ2v) is 6.28. The van der Waals surface area contributed by atoms with Crippen molar-refractivity contribution < 1.29 is 24.2 Å². The number of carbonyl (C=O) groups is 2. The van der Waals surface area contributed by atoms with Crippen LogP contribution in [0.5, 0.6) is 11.5 Å². The fourth-order valence-electron chi connectivity index (χ4n) is 2.90. The minimum Gasteiger partial charge on any atom is -0.486 e. The smallest absolute Gasteiger partial charge is 0.319 e. The molecular formula is C20H22N2O5.